The van der Waals surface area contributed by atoms with Crippen LogP contribution in [-0.4, -0.2) is 35.1 Å². The highest BCUT2D eigenvalue weighted by Crippen LogP contribution is 2.30. The molecule has 18 heavy (non-hydrogen) atoms. The molecule has 0 saturated heterocycles. The van der Waals surface area contributed by atoms with Gasteiger partial charge in [0, 0.05) is 24.4 Å². The molecule has 1 unspecified atom stereocenters. The molecule has 0 saturated carbocycles. The van der Waals surface area contributed by atoms with Gasteiger partial charge in [0.2, 0.25) is 0 Å². The van der Waals surface area contributed by atoms with E-state index in [1.165, 1.54) is 0 Å². The molecule has 0 aliphatic rings. The van der Waals surface area contributed by atoms with Crippen molar-refractivity contribution in [2.45, 2.75) is 39.2 Å². The van der Waals surface area contributed by atoms with Crippen LogP contribution >= 0.6 is 11.8 Å². The maximum Gasteiger partial charge on any atom is 0.137 e. The van der Waals surface area contributed by atoms with Gasteiger partial charge in [0.05, 0.1) is 0 Å². The van der Waals surface area contributed by atoms with E-state index in [0.717, 1.165) is 23.6 Å². The molecule has 0 amide bonds. The van der Waals surface area contributed by atoms with Crippen LogP contribution in [0.3, 0.4) is 0 Å². The molecule has 4 nitrogen and oxygen atoms in total. The minimum absolute atomic E-state index is 0.329. The molecule has 0 aliphatic heterocycles. The Morgan fingerprint density at radius 1 is 1.39 bits per heavy atom. The average Bonchev–Trinajstić information content (AvgIpc) is 2.34. The van der Waals surface area contributed by atoms with Gasteiger partial charge in [0.15, 0.2) is 0 Å². The fourth-order valence-electron chi connectivity index (χ4n) is 2.10. The fourth-order valence-corrected chi connectivity index (χ4v) is 2.95. The van der Waals surface area contributed by atoms with Gasteiger partial charge in [-0.3, -0.25) is 0 Å². The molecule has 2 N–H and O–H groups in total. The molecule has 102 valence electrons. The molecular weight excluding hydrogens is 244 g/mol. The quantitative estimate of drug-likeness (QED) is 0.859. The van der Waals surface area contributed by atoms with E-state index in [1.54, 1.807) is 6.33 Å². The molecule has 0 radical (unpaired) electrons. The van der Waals surface area contributed by atoms with Gasteiger partial charge >= 0.3 is 0 Å². The Balaban J connectivity index is 3.11. The number of anilines is 2. The van der Waals surface area contributed by atoms with Crippen LogP contribution in [0.15, 0.2) is 6.33 Å². The summed E-state index contributed by atoms with van der Waals surface area (Å²) in [6, 6.07) is 0.479. The van der Waals surface area contributed by atoms with E-state index >= 15 is 0 Å². The highest BCUT2D eigenvalue weighted by molar-refractivity contribution is 7.98. The number of hydrogen-bond donors (Lipinski definition) is 1. The number of nitrogen functional groups attached to an aromatic ring is 1. The predicted octanol–water partition coefficient (Wildman–Crippen LogP) is 2.76. The first kappa shape index (κ1) is 15.1. The van der Waals surface area contributed by atoms with E-state index in [9.17, 15) is 0 Å². The topological polar surface area (TPSA) is 55.0 Å². The van der Waals surface area contributed by atoms with E-state index in [4.69, 9.17) is 5.73 Å². The van der Waals surface area contributed by atoms with Gasteiger partial charge in [0.25, 0.3) is 0 Å². The third kappa shape index (κ3) is 3.28. The monoisotopic (exact) mass is 268 g/mol. The van der Waals surface area contributed by atoms with E-state index in [-0.39, 0.29) is 0 Å². The maximum atomic E-state index is 5.99. The summed E-state index contributed by atoms with van der Waals surface area (Å²) in [6.07, 6.45) is 4.78. The van der Waals surface area contributed by atoms with Crippen LogP contribution < -0.4 is 10.6 Å². The number of rotatable bonds is 6. The molecule has 1 aromatic rings. The summed E-state index contributed by atoms with van der Waals surface area (Å²) < 4.78 is 0. The Labute approximate surface area is 114 Å². The number of nitrogens with zero attached hydrogens (tertiary/aromatic N) is 3. The molecule has 1 rings (SSSR count). The highest BCUT2D eigenvalue weighted by Gasteiger charge is 2.20. The predicted molar refractivity (Wildman–Crippen MR) is 81.4 cm³/mol. The summed E-state index contributed by atoms with van der Waals surface area (Å²) in [5, 5.41) is 0. The molecule has 1 heterocycles. The standard InChI is InChI=1S/C13H24N4S/c1-6-10(7-18-5)17(4)13-11(9(2)3)12(14)15-8-16-13/h8-10H,6-7H2,1-5H3,(H2,14,15,16). The lowest BCUT2D eigenvalue weighted by atomic mass is 10.0. The zero-order chi connectivity index (χ0) is 13.7. The summed E-state index contributed by atoms with van der Waals surface area (Å²) in [6.45, 7) is 6.46. The summed E-state index contributed by atoms with van der Waals surface area (Å²) >= 11 is 1.86. The summed E-state index contributed by atoms with van der Waals surface area (Å²) in [4.78, 5) is 10.8. The van der Waals surface area contributed by atoms with E-state index in [1.807, 2.05) is 11.8 Å². The Morgan fingerprint density at radius 2 is 2.06 bits per heavy atom. The second-order valence-electron chi connectivity index (χ2n) is 4.78. The van der Waals surface area contributed by atoms with E-state index in [2.05, 4.69) is 48.9 Å². The molecule has 0 spiro atoms. The van der Waals surface area contributed by atoms with Crippen LogP contribution in [0.5, 0.6) is 0 Å². The van der Waals surface area contributed by atoms with E-state index < -0.39 is 0 Å². The SMILES string of the molecule is CCC(CSC)N(C)c1ncnc(N)c1C(C)C. The van der Waals surface area contributed by atoms with Gasteiger partial charge in [-0.25, -0.2) is 9.97 Å². The lowest BCUT2D eigenvalue weighted by Gasteiger charge is -2.30. The Kier molecular flexibility index (Phi) is 5.72. The second-order valence-corrected chi connectivity index (χ2v) is 5.69. The third-order valence-corrected chi connectivity index (χ3v) is 3.90. The van der Waals surface area contributed by atoms with Gasteiger partial charge in [-0.2, -0.15) is 11.8 Å². The molecular formula is C13H24N4S. The Morgan fingerprint density at radius 3 is 2.56 bits per heavy atom. The van der Waals surface area contributed by atoms with Crippen molar-refractivity contribution in [1.29, 1.82) is 0 Å². The molecule has 0 aliphatic carbocycles. The normalized spacial score (nSPS) is 12.8. The number of hydrogen-bond acceptors (Lipinski definition) is 5. The van der Waals surface area contributed by atoms with Crippen LogP contribution in [0.4, 0.5) is 11.6 Å². The zero-order valence-electron chi connectivity index (χ0n) is 12.0. The summed E-state index contributed by atoms with van der Waals surface area (Å²) in [5.41, 5.74) is 7.05. The number of thioether (sulfide) groups is 1. The lowest BCUT2D eigenvalue weighted by molar-refractivity contribution is 0.658. The molecule has 5 heteroatoms. The van der Waals surface area contributed by atoms with E-state index in [0.29, 0.717) is 17.8 Å². The smallest absolute Gasteiger partial charge is 0.137 e. The van der Waals surface area contributed by atoms with Crippen molar-refractivity contribution in [3.8, 4) is 0 Å². The van der Waals surface area contributed by atoms with Crippen LogP contribution in [0.25, 0.3) is 0 Å². The minimum Gasteiger partial charge on any atom is -0.383 e. The number of nitrogens with two attached hydrogens (primary N) is 1. The van der Waals surface area contributed by atoms with Crippen LogP contribution in [0.2, 0.25) is 0 Å². The first-order valence-corrected chi connectivity index (χ1v) is 7.74. The first-order chi connectivity index (χ1) is 8.52. The van der Waals surface area contributed by atoms with Crippen LogP contribution in [-0.2, 0) is 0 Å². The fraction of sp³-hybridized carbons (Fsp3) is 0.692. The second kappa shape index (κ2) is 6.83. The van der Waals surface area contributed by atoms with Crippen LogP contribution in [0.1, 0.15) is 38.7 Å². The zero-order valence-corrected chi connectivity index (χ0v) is 12.8. The Bertz CT molecular complexity index is 381. The lowest BCUT2D eigenvalue weighted by Crippen LogP contribution is -2.35. The molecule has 0 aromatic carbocycles. The summed E-state index contributed by atoms with van der Waals surface area (Å²) in [5.74, 6) is 2.99. The molecule has 0 fully saturated rings. The van der Waals surface area contributed by atoms with Crippen molar-refractivity contribution in [1.82, 2.24) is 9.97 Å². The average molecular weight is 268 g/mol. The minimum atomic E-state index is 0.329. The maximum absolute atomic E-state index is 5.99. The molecule has 0 bridgehead atoms. The van der Waals surface area contributed by atoms with Crippen molar-refractivity contribution in [2.75, 3.05) is 29.7 Å². The van der Waals surface area contributed by atoms with Crippen LogP contribution in [0, 0.1) is 0 Å². The van der Waals surface area contributed by atoms with Gasteiger partial charge in [0.1, 0.15) is 18.0 Å². The number of aromatic nitrogens is 2. The van der Waals surface area contributed by atoms with Gasteiger partial charge in [-0.05, 0) is 18.6 Å². The summed E-state index contributed by atoms with van der Waals surface area (Å²) in [7, 11) is 2.10. The van der Waals surface area contributed by atoms with Gasteiger partial charge in [-0.1, -0.05) is 20.8 Å². The Hall–Kier alpha value is -0.970. The molecule has 1 aromatic heterocycles. The first-order valence-electron chi connectivity index (χ1n) is 6.35. The van der Waals surface area contributed by atoms with Crippen molar-refractivity contribution in [3.63, 3.8) is 0 Å². The largest absolute Gasteiger partial charge is 0.383 e. The van der Waals surface area contributed by atoms with Crippen molar-refractivity contribution < 1.29 is 0 Å². The van der Waals surface area contributed by atoms with Crippen molar-refractivity contribution >= 4 is 23.4 Å². The van der Waals surface area contributed by atoms with Crippen molar-refractivity contribution in [2.24, 2.45) is 0 Å². The third-order valence-electron chi connectivity index (χ3n) is 3.18. The van der Waals surface area contributed by atoms with Crippen molar-refractivity contribution in [3.05, 3.63) is 11.9 Å². The highest BCUT2D eigenvalue weighted by atomic mass is 32.2. The van der Waals surface area contributed by atoms with Gasteiger partial charge < -0.3 is 10.6 Å². The molecule has 1 atom stereocenters. The van der Waals surface area contributed by atoms with Gasteiger partial charge in [-0.15, -0.1) is 0 Å².